The van der Waals surface area contributed by atoms with Gasteiger partial charge in [-0.05, 0) is 52.2 Å². The number of carbonyl (C=O) groups is 1. The minimum absolute atomic E-state index is 0.136. The van der Waals surface area contributed by atoms with E-state index < -0.39 is 17.6 Å². The molecule has 0 fully saturated rings. The molecular weight excluding hydrogens is 430 g/mol. The van der Waals surface area contributed by atoms with Crippen LogP contribution >= 0.6 is 15.9 Å². The molecule has 0 aliphatic rings. The molecule has 0 radical (unpaired) electrons. The Morgan fingerprint density at radius 2 is 1.82 bits per heavy atom. The van der Waals surface area contributed by atoms with Crippen LogP contribution < -0.4 is 0 Å². The number of benzene rings is 2. The molecule has 0 aliphatic carbocycles. The lowest BCUT2D eigenvalue weighted by atomic mass is 9.99. The van der Waals surface area contributed by atoms with Gasteiger partial charge in [0.2, 0.25) is 5.69 Å². The van der Waals surface area contributed by atoms with Gasteiger partial charge in [0.15, 0.2) is 0 Å². The highest BCUT2D eigenvalue weighted by Crippen LogP contribution is 2.42. The molecule has 0 amide bonds. The summed E-state index contributed by atoms with van der Waals surface area (Å²) in [6, 6.07) is 9.83. The van der Waals surface area contributed by atoms with E-state index in [-0.39, 0.29) is 23.6 Å². The van der Waals surface area contributed by atoms with Gasteiger partial charge in [0.05, 0.1) is 17.8 Å². The van der Waals surface area contributed by atoms with E-state index in [1.807, 2.05) is 0 Å². The zero-order valence-electron chi connectivity index (χ0n) is 15.1. The third kappa shape index (κ3) is 3.43. The predicted octanol–water partition coefficient (Wildman–Crippen LogP) is 6.13. The quantitative estimate of drug-likeness (QED) is 0.358. The Labute approximate surface area is 169 Å². The van der Waals surface area contributed by atoms with Crippen molar-refractivity contribution in [1.29, 1.82) is 0 Å². The van der Waals surface area contributed by atoms with Crippen LogP contribution in [0.25, 0.3) is 27.1 Å². The van der Waals surface area contributed by atoms with Crippen molar-refractivity contribution in [2.75, 3.05) is 6.61 Å². The van der Waals surface area contributed by atoms with Gasteiger partial charge in [-0.25, -0.2) is 18.4 Å². The highest BCUT2D eigenvalue weighted by atomic mass is 79.9. The minimum atomic E-state index is -0.546. The fraction of sp³-hybridized carbons (Fsp3) is 0.143. The zero-order valence-corrected chi connectivity index (χ0v) is 16.7. The third-order valence-electron chi connectivity index (χ3n) is 4.29. The zero-order chi connectivity index (χ0) is 20.4. The first-order valence-corrected chi connectivity index (χ1v) is 9.17. The lowest BCUT2D eigenvalue weighted by Gasteiger charge is -2.09. The predicted molar refractivity (Wildman–Crippen MR) is 106 cm³/mol. The van der Waals surface area contributed by atoms with Gasteiger partial charge in [0.25, 0.3) is 0 Å². The summed E-state index contributed by atoms with van der Waals surface area (Å²) < 4.78 is 34.7. The van der Waals surface area contributed by atoms with Crippen molar-refractivity contribution in [1.82, 2.24) is 4.57 Å². The Kier molecular flexibility index (Phi) is 5.61. The Hall–Kier alpha value is -2.98. The topological polar surface area (TPSA) is 35.6 Å². The van der Waals surface area contributed by atoms with Crippen molar-refractivity contribution in [3.8, 4) is 22.3 Å². The maximum atomic E-state index is 14.0. The van der Waals surface area contributed by atoms with Gasteiger partial charge in [0, 0.05) is 18.2 Å². The van der Waals surface area contributed by atoms with Crippen LogP contribution in [0.3, 0.4) is 0 Å². The van der Waals surface area contributed by atoms with Gasteiger partial charge in [0.1, 0.15) is 17.3 Å². The van der Waals surface area contributed by atoms with Crippen LogP contribution in [0, 0.1) is 18.2 Å². The van der Waals surface area contributed by atoms with Crippen molar-refractivity contribution in [3.05, 3.63) is 75.8 Å². The van der Waals surface area contributed by atoms with Crippen molar-refractivity contribution >= 4 is 27.6 Å². The summed E-state index contributed by atoms with van der Waals surface area (Å²) in [5.74, 6) is -1.62. The van der Waals surface area contributed by atoms with E-state index in [0.29, 0.717) is 21.3 Å². The second kappa shape index (κ2) is 7.95. The fourth-order valence-electron chi connectivity index (χ4n) is 2.99. The summed E-state index contributed by atoms with van der Waals surface area (Å²) in [6.45, 7) is 9.40. The van der Waals surface area contributed by atoms with E-state index in [1.54, 1.807) is 42.8 Å². The van der Waals surface area contributed by atoms with Crippen LogP contribution in [0.5, 0.6) is 0 Å². The van der Waals surface area contributed by atoms with Gasteiger partial charge in [-0.3, -0.25) is 0 Å². The second-order valence-corrected chi connectivity index (χ2v) is 6.71. The Morgan fingerprint density at radius 3 is 2.43 bits per heavy atom. The van der Waals surface area contributed by atoms with Crippen LogP contribution in [-0.2, 0) is 11.8 Å². The molecule has 0 bridgehead atoms. The SMILES string of the molecule is [C-]#[N+]c1c(-c2ccc(-c3cc(F)ccc3F)cc2)c(C(=O)OCC)n(C)c1Br. The van der Waals surface area contributed by atoms with Gasteiger partial charge < -0.3 is 9.30 Å². The smallest absolute Gasteiger partial charge is 0.354 e. The van der Waals surface area contributed by atoms with E-state index >= 15 is 0 Å². The highest BCUT2D eigenvalue weighted by Gasteiger charge is 2.26. The largest absolute Gasteiger partial charge is 0.461 e. The number of esters is 1. The summed E-state index contributed by atoms with van der Waals surface area (Å²) in [7, 11) is 1.66. The van der Waals surface area contributed by atoms with Gasteiger partial charge >= 0.3 is 5.97 Å². The van der Waals surface area contributed by atoms with Crippen molar-refractivity contribution in [2.24, 2.45) is 7.05 Å². The Bertz CT molecular complexity index is 1100. The lowest BCUT2D eigenvalue weighted by molar-refractivity contribution is 0.0516. The van der Waals surface area contributed by atoms with Crippen LogP contribution in [0.2, 0.25) is 0 Å². The summed E-state index contributed by atoms with van der Waals surface area (Å²) in [5, 5.41) is 0. The van der Waals surface area contributed by atoms with E-state index in [2.05, 4.69) is 20.8 Å². The summed E-state index contributed by atoms with van der Waals surface area (Å²) in [5.41, 5.74) is 2.15. The Morgan fingerprint density at radius 1 is 1.18 bits per heavy atom. The normalized spacial score (nSPS) is 10.6. The molecule has 0 spiro atoms. The maximum Gasteiger partial charge on any atom is 0.354 e. The molecule has 3 aromatic rings. The minimum Gasteiger partial charge on any atom is -0.461 e. The molecule has 4 nitrogen and oxygen atoms in total. The number of hydrogen-bond donors (Lipinski definition) is 0. The van der Waals surface area contributed by atoms with E-state index in [4.69, 9.17) is 11.3 Å². The van der Waals surface area contributed by atoms with Gasteiger partial charge in [-0.1, -0.05) is 24.3 Å². The van der Waals surface area contributed by atoms with Gasteiger partial charge in [-0.15, -0.1) is 0 Å². The molecule has 0 saturated heterocycles. The molecule has 0 aliphatic heterocycles. The first-order valence-electron chi connectivity index (χ1n) is 8.37. The molecule has 1 aromatic heterocycles. The highest BCUT2D eigenvalue weighted by molar-refractivity contribution is 9.10. The van der Waals surface area contributed by atoms with E-state index in [9.17, 15) is 13.6 Å². The monoisotopic (exact) mass is 444 g/mol. The number of halogens is 3. The van der Waals surface area contributed by atoms with Crippen molar-refractivity contribution in [2.45, 2.75) is 6.92 Å². The average Bonchev–Trinajstić information content (AvgIpc) is 2.94. The number of rotatable bonds is 4. The fourth-order valence-corrected chi connectivity index (χ4v) is 3.45. The van der Waals surface area contributed by atoms with Crippen LogP contribution in [-0.4, -0.2) is 17.1 Å². The molecule has 0 unspecified atom stereocenters. The van der Waals surface area contributed by atoms with Crippen LogP contribution in [0.1, 0.15) is 17.4 Å². The molecule has 28 heavy (non-hydrogen) atoms. The number of aromatic nitrogens is 1. The number of carbonyl (C=O) groups excluding carboxylic acids is 1. The molecule has 0 N–H and O–H groups in total. The van der Waals surface area contributed by atoms with Gasteiger partial charge in [-0.2, -0.15) is 0 Å². The number of hydrogen-bond acceptors (Lipinski definition) is 2. The second-order valence-electron chi connectivity index (χ2n) is 5.96. The molecular formula is C21H15BrF2N2O2. The maximum absolute atomic E-state index is 14.0. The molecule has 0 saturated carbocycles. The lowest BCUT2D eigenvalue weighted by Crippen LogP contribution is -2.11. The molecule has 7 heteroatoms. The summed E-state index contributed by atoms with van der Waals surface area (Å²) in [6.07, 6.45) is 0. The molecule has 1 heterocycles. The standard InChI is InChI=1S/C21H15BrF2N2O2/c1-4-28-21(27)19-17(18(25-2)20(22)26(19)3)13-7-5-12(6-8-13)15-11-14(23)9-10-16(15)24/h5-11H,4H2,1,3H3. The van der Waals surface area contributed by atoms with Crippen molar-refractivity contribution < 1.29 is 18.3 Å². The van der Waals surface area contributed by atoms with E-state index in [1.165, 1.54) is 0 Å². The first-order chi connectivity index (χ1) is 13.4. The van der Waals surface area contributed by atoms with Crippen LogP contribution in [0.15, 0.2) is 47.1 Å². The summed E-state index contributed by atoms with van der Waals surface area (Å²) in [4.78, 5) is 16.0. The molecule has 0 atom stereocenters. The van der Waals surface area contributed by atoms with Crippen molar-refractivity contribution in [3.63, 3.8) is 0 Å². The Balaban J connectivity index is 2.14. The van der Waals surface area contributed by atoms with E-state index in [0.717, 1.165) is 18.2 Å². The molecule has 3 rings (SSSR count). The molecule has 142 valence electrons. The number of ether oxygens (including phenoxy) is 1. The average molecular weight is 445 g/mol. The summed E-state index contributed by atoms with van der Waals surface area (Å²) >= 11 is 3.35. The third-order valence-corrected chi connectivity index (χ3v) is 5.20. The van der Waals surface area contributed by atoms with Crippen LogP contribution in [0.4, 0.5) is 14.5 Å². The number of nitrogens with zero attached hydrogens (tertiary/aromatic N) is 2. The first kappa shape index (κ1) is 19.8. The molecule has 2 aromatic carbocycles.